The number of hydrogen-bond acceptors (Lipinski definition) is 18. The molecule has 1 aromatic carbocycles. The quantitative estimate of drug-likeness (QED) is 0.0493. The lowest BCUT2D eigenvalue weighted by molar-refractivity contribution is -0.344. The number of β-lactam (4-membered cyclic amide) rings is 1. The van der Waals surface area contributed by atoms with Crippen molar-refractivity contribution in [3.05, 3.63) is 29.3 Å². The van der Waals surface area contributed by atoms with Gasteiger partial charge in [-0.1, -0.05) is 22.4 Å². The standard InChI is InChI=1S/C43H4.C24H27N7O10S3.C2HF3O2/c1-3-5-7-9-11-13-15-17-19-21-23-25-27-29-31-33-35-37-39-41-43-42-40-38-36-34-32-30-28-26-24-22-20-18-16-14-12-10-8-6-4-2;1-24(2)13(20(33)31(24)41-44(36,37)38)6-16(32)19(15-10-42-22(25)28-15)30-40-17(21(34)35)9-39-12-3-4-14-18(5-12)43-23(29-14)27-11-7-26-8-11;3-2(4,5)1(6)7/h1H,2H3;3-5,10-11,13,17,26H,6-9H2,1-2H3,(H2,25,28)(H,27,29)(H,34,35)(H,36,37,38);(H,6,7)/p-1/b;30-19-;/t;13-,17+;/m.1./s1. The van der Waals surface area contributed by atoms with E-state index in [0.29, 0.717) is 16.9 Å². The van der Waals surface area contributed by atoms with Crippen molar-refractivity contribution in [3.8, 4) is 255 Å². The number of rotatable bonds is 14. The number of carbonyl (C=O) groups is 4. The van der Waals surface area contributed by atoms with Crippen LogP contribution in [0.4, 0.5) is 23.4 Å². The molecule has 0 spiro atoms. The molecule has 454 valence electrons. The SMILES string of the molecule is C#CC#CC#CC#CC#CC#CC#CC#CC#CC#CC#CC#CC#CC#CC#CC#CC#CC#CC#CC#CC#CC.CC1(C)[C@H](CC(=O)/C(=N\O[C@@H](COc2ccc3nc(NC4CNC4)sc3c2)C(=O)O)c2csc(N)n2)C(=O)N1OS(=O)(=O)O.O=C([O-])C(F)(F)F. The third kappa shape index (κ3) is 30.6. The highest BCUT2D eigenvalue weighted by atomic mass is 32.3. The number of thiazole rings is 2. The summed E-state index contributed by atoms with van der Waals surface area (Å²) >= 11 is 2.42. The molecule has 0 aliphatic carbocycles. The van der Waals surface area contributed by atoms with Crippen molar-refractivity contribution in [1.82, 2.24) is 20.3 Å². The molecule has 2 aliphatic heterocycles. The number of halogens is 3. The number of oxime groups is 1. The van der Waals surface area contributed by atoms with Crippen molar-refractivity contribution >= 4 is 82.9 Å². The number of fused-ring (bicyclic) bond motifs is 1. The van der Waals surface area contributed by atoms with Crippen LogP contribution in [-0.2, 0) is 38.7 Å². The van der Waals surface area contributed by atoms with Gasteiger partial charge < -0.3 is 40.9 Å². The van der Waals surface area contributed by atoms with Crippen LogP contribution >= 0.6 is 22.7 Å². The molecule has 2 aliphatic rings. The maximum absolute atomic E-state index is 13.3. The van der Waals surface area contributed by atoms with Crippen LogP contribution in [-0.4, -0.2) is 106 Å². The number of aromatic nitrogens is 2. The lowest BCUT2D eigenvalue weighted by Gasteiger charge is -2.50. The number of carbonyl (C=O) groups excluding carboxylic acids is 3. The number of carboxylic acid groups (broad SMARTS) is 2. The van der Waals surface area contributed by atoms with Gasteiger partial charge in [0.25, 0.3) is 12.0 Å². The van der Waals surface area contributed by atoms with Gasteiger partial charge in [-0.15, -0.1) is 22.0 Å². The van der Waals surface area contributed by atoms with Gasteiger partial charge in [0.05, 0.1) is 27.7 Å². The zero-order valence-electron chi connectivity index (χ0n) is 48.1. The number of ether oxygens (including phenoxy) is 1. The highest BCUT2D eigenvalue weighted by Gasteiger charge is 2.57. The second-order valence-electron chi connectivity index (χ2n) is 16.4. The normalized spacial score (nSPS) is 11.6. The summed E-state index contributed by atoms with van der Waals surface area (Å²) < 4.78 is 73.5. The van der Waals surface area contributed by atoms with Crippen LogP contribution in [0, 0.1) is 255 Å². The molecular formula is C69H31F3N7O12S3-. The van der Waals surface area contributed by atoms with E-state index in [0.717, 1.165) is 39.8 Å². The molecule has 6 N–H and O–H groups in total. The van der Waals surface area contributed by atoms with E-state index in [9.17, 15) is 41.1 Å². The predicted molar refractivity (Wildman–Crippen MR) is 339 cm³/mol. The summed E-state index contributed by atoms with van der Waals surface area (Å²) in [4.78, 5) is 60.4. The number of terminal acetylenes is 1. The number of nitrogens with zero attached hydrogens (tertiary/aromatic N) is 4. The molecule has 94 heavy (non-hydrogen) atoms. The van der Waals surface area contributed by atoms with Gasteiger partial charge in [-0.2, -0.15) is 26.7 Å². The van der Waals surface area contributed by atoms with Crippen LogP contribution in [0.1, 0.15) is 32.9 Å². The first kappa shape index (κ1) is 74.3. The first-order chi connectivity index (χ1) is 45.1. The smallest absolute Gasteiger partial charge is 0.430 e. The van der Waals surface area contributed by atoms with Gasteiger partial charge in [-0.05, 0) is 134 Å². The van der Waals surface area contributed by atoms with E-state index in [1.807, 2.05) is 0 Å². The number of aliphatic carboxylic acids is 2. The summed E-state index contributed by atoms with van der Waals surface area (Å²) in [7, 11) is -4.98. The van der Waals surface area contributed by atoms with E-state index in [4.69, 9.17) is 36.2 Å². The molecule has 1 amide bonds. The van der Waals surface area contributed by atoms with Crippen molar-refractivity contribution in [2.75, 3.05) is 30.7 Å². The van der Waals surface area contributed by atoms with Crippen LogP contribution in [0.2, 0.25) is 0 Å². The average Bonchev–Trinajstić information content (AvgIpc) is 0.900. The van der Waals surface area contributed by atoms with Gasteiger partial charge in [0.15, 0.2) is 21.8 Å². The molecule has 5 rings (SSSR count). The van der Waals surface area contributed by atoms with Gasteiger partial charge in [0.1, 0.15) is 24.0 Å². The lowest BCUT2D eigenvalue weighted by Crippen LogP contribution is -2.68. The number of nitrogen functional groups attached to an aromatic ring is 1. The zero-order chi connectivity index (χ0) is 68.9. The number of hydroxylamine groups is 2. The first-order valence-electron chi connectivity index (χ1n) is 25.0. The van der Waals surface area contributed by atoms with Gasteiger partial charge >= 0.3 is 22.5 Å². The minimum Gasteiger partial charge on any atom is -0.542 e. The summed E-state index contributed by atoms with van der Waals surface area (Å²) in [5.74, 6) is 95.1. The van der Waals surface area contributed by atoms with Gasteiger partial charge in [0, 0.05) is 167 Å². The largest absolute Gasteiger partial charge is 0.542 e. The Kier molecular flexibility index (Phi) is 32.6. The minimum atomic E-state index is -5.19. The second kappa shape index (κ2) is 41.3. The minimum absolute atomic E-state index is 0.0177. The summed E-state index contributed by atoms with van der Waals surface area (Å²) in [5.41, 5.74) is 4.72. The van der Waals surface area contributed by atoms with E-state index >= 15 is 0 Å². The van der Waals surface area contributed by atoms with Gasteiger partial charge in [0.2, 0.25) is 0 Å². The Balaban J connectivity index is 0.000000445. The van der Waals surface area contributed by atoms with E-state index in [1.54, 1.807) is 25.1 Å². The van der Waals surface area contributed by atoms with Crippen molar-refractivity contribution in [3.63, 3.8) is 0 Å². The molecule has 2 fully saturated rings. The number of carboxylic acids is 2. The number of amides is 1. The van der Waals surface area contributed by atoms with Crippen LogP contribution in [0.3, 0.4) is 0 Å². The maximum atomic E-state index is 13.3. The Labute approximate surface area is 546 Å². The van der Waals surface area contributed by atoms with E-state index < -0.39 is 76.5 Å². The van der Waals surface area contributed by atoms with Crippen LogP contribution in [0.25, 0.3) is 10.2 Å². The zero-order valence-corrected chi connectivity index (χ0v) is 50.6. The average molecular weight is 1300 g/mol. The van der Waals surface area contributed by atoms with Crippen molar-refractivity contribution in [1.29, 1.82) is 0 Å². The highest BCUT2D eigenvalue weighted by Crippen LogP contribution is 2.41. The van der Waals surface area contributed by atoms with Crippen molar-refractivity contribution in [2.24, 2.45) is 11.1 Å². The van der Waals surface area contributed by atoms with Gasteiger partial charge in [-0.25, -0.2) is 14.8 Å². The van der Waals surface area contributed by atoms with E-state index in [2.05, 4.69) is 273 Å². The summed E-state index contributed by atoms with van der Waals surface area (Å²) in [6, 6.07) is 5.42. The molecule has 2 aromatic heterocycles. The maximum Gasteiger partial charge on any atom is 0.430 e. The Bertz CT molecular complexity index is 5120. The summed E-state index contributed by atoms with van der Waals surface area (Å²) in [5, 5.41) is 31.5. The number of anilines is 2. The summed E-state index contributed by atoms with van der Waals surface area (Å²) in [6.07, 6.45) is -2.40. The van der Waals surface area contributed by atoms with Gasteiger partial charge in [-0.3, -0.25) is 14.1 Å². The summed E-state index contributed by atoms with van der Waals surface area (Å²) in [6.45, 7) is 5.78. The molecule has 0 unspecified atom stereocenters. The number of ketones is 1. The molecule has 2 saturated heterocycles. The Hall–Kier alpha value is -13.9. The number of Topliss-reactive ketones (excluding diaryl/α,β-unsaturated/α-hetero) is 1. The second-order valence-corrected chi connectivity index (χ2v) is 19.4. The first-order valence-corrected chi connectivity index (χ1v) is 28.0. The fraction of sp³-hybridized carbons (Fsp3) is 0.174. The number of alkyl halides is 3. The van der Waals surface area contributed by atoms with E-state index in [1.165, 1.54) is 30.6 Å². The fourth-order valence-electron chi connectivity index (χ4n) is 5.60. The molecule has 25 heteroatoms. The van der Waals surface area contributed by atoms with Crippen molar-refractivity contribution < 1.29 is 69.4 Å². The van der Waals surface area contributed by atoms with Crippen molar-refractivity contribution in [2.45, 2.75) is 51.1 Å². The Morgan fingerprint density at radius 2 is 1.18 bits per heavy atom. The molecular weight excluding hydrogens is 1270 g/mol. The topological polar surface area (TPSA) is 285 Å². The van der Waals surface area contributed by atoms with E-state index in [-0.39, 0.29) is 10.8 Å². The predicted octanol–water partition coefficient (Wildman–Crippen LogP) is 0.908. The number of benzene rings is 1. The Morgan fingerprint density at radius 1 is 0.766 bits per heavy atom. The fourth-order valence-corrected chi connectivity index (χ4v) is 7.57. The monoisotopic (exact) mass is 1300 g/mol. The molecule has 0 bridgehead atoms. The van der Waals surface area contributed by atoms with Crippen LogP contribution in [0.5, 0.6) is 5.75 Å². The number of hydrogen-bond donors (Lipinski definition) is 5. The third-order valence-corrected chi connectivity index (χ3v) is 11.6. The Morgan fingerprint density at radius 3 is 1.51 bits per heavy atom. The van der Waals surface area contributed by atoms with Crippen LogP contribution in [0.15, 0.2) is 28.7 Å². The number of nitrogens with one attached hydrogen (secondary N) is 2. The lowest BCUT2D eigenvalue weighted by atomic mass is 9.74. The molecule has 19 nitrogen and oxygen atoms in total. The molecule has 0 radical (unpaired) electrons. The molecule has 4 heterocycles. The van der Waals surface area contributed by atoms with Crippen LogP contribution < -0.4 is 26.2 Å². The molecule has 0 saturated carbocycles. The number of nitrogens with two attached hydrogens (primary N) is 1. The third-order valence-electron chi connectivity index (χ3n) is 9.68. The molecule has 3 aromatic rings. The molecule has 2 atom stereocenters. The highest BCUT2D eigenvalue weighted by molar-refractivity contribution is 7.80.